The summed E-state index contributed by atoms with van der Waals surface area (Å²) in [4.78, 5) is 7.94. The first kappa shape index (κ1) is 14.9. The number of nitrogen functional groups attached to an aromatic ring is 2. The lowest BCUT2D eigenvalue weighted by atomic mass is 10.1. The van der Waals surface area contributed by atoms with E-state index in [2.05, 4.69) is 16.9 Å². The van der Waals surface area contributed by atoms with E-state index in [0.29, 0.717) is 24.6 Å². The van der Waals surface area contributed by atoms with E-state index in [1.54, 1.807) is 13.3 Å². The lowest BCUT2D eigenvalue weighted by Crippen LogP contribution is -2.04. The fourth-order valence-corrected chi connectivity index (χ4v) is 1.95. The van der Waals surface area contributed by atoms with E-state index in [0.717, 1.165) is 23.3 Å². The van der Waals surface area contributed by atoms with Crippen LogP contribution < -0.4 is 20.9 Å². The Morgan fingerprint density at radius 2 is 2.00 bits per heavy atom. The highest BCUT2D eigenvalue weighted by atomic mass is 16.5. The molecular formula is C15H20N4O2. The molecule has 112 valence electrons. The van der Waals surface area contributed by atoms with Crippen molar-refractivity contribution in [1.29, 1.82) is 0 Å². The van der Waals surface area contributed by atoms with Gasteiger partial charge in [-0.2, -0.15) is 4.98 Å². The molecule has 0 radical (unpaired) electrons. The monoisotopic (exact) mass is 288 g/mol. The Balaban J connectivity index is 2.23. The summed E-state index contributed by atoms with van der Waals surface area (Å²) in [6, 6.07) is 5.80. The highest BCUT2D eigenvalue weighted by molar-refractivity contribution is 5.48. The number of hydrogen-bond donors (Lipinski definition) is 2. The summed E-state index contributed by atoms with van der Waals surface area (Å²) in [5.41, 5.74) is 13.2. The molecule has 2 rings (SSSR count). The minimum atomic E-state index is 0.179. The molecule has 4 N–H and O–H groups in total. The quantitative estimate of drug-likeness (QED) is 0.844. The van der Waals surface area contributed by atoms with Gasteiger partial charge in [0.2, 0.25) is 5.95 Å². The van der Waals surface area contributed by atoms with Crippen LogP contribution in [0.15, 0.2) is 24.4 Å². The van der Waals surface area contributed by atoms with E-state index in [-0.39, 0.29) is 5.95 Å². The van der Waals surface area contributed by atoms with Crippen LogP contribution in [0.1, 0.15) is 24.5 Å². The molecule has 6 nitrogen and oxygen atoms in total. The number of nitrogens with zero attached hydrogens (tertiary/aromatic N) is 2. The van der Waals surface area contributed by atoms with Gasteiger partial charge in [0.05, 0.1) is 13.7 Å². The summed E-state index contributed by atoms with van der Waals surface area (Å²) in [5, 5.41) is 0. The van der Waals surface area contributed by atoms with E-state index in [1.165, 1.54) is 0 Å². The van der Waals surface area contributed by atoms with Crippen molar-refractivity contribution >= 4 is 11.8 Å². The largest absolute Gasteiger partial charge is 0.493 e. The molecule has 0 unspecified atom stereocenters. The third-order valence-corrected chi connectivity index (χ3v) is 3.00. The molecule has 6 heteroatoms. The average molecular weight is 288 g/mol. The van der Waals surface area contributed by atoms with Crippen molar-refractivity contribution in [2.24, 2.45) is 0 Å². The Bertz CT molecular complexity index is 617. The molecule has 0 atom stereocenters. The van der Waals surface area contributed by atoms with Crippen molar-refractivity contribution in [2.45, 2.75) is 19.8 Å². The molecule has 0 amide bonds. The maximum Gasteiger partial charge on any atom is 0.221 e. The molecule has 0 fully saturated rings. The van der Waals surface area contributed by atoms with Gasteiger partial charge in [0.15, 0.2) is 11.5 Å². The molecular weight excluding hydrogens is 268 g/mol. The molecule has 0 aliphatic rings. The molecule has 0 spiro atoms. The van der Waals surface area contributed by atoms with Crippen LogP contribution in [0.5, 0.6) is 11.5 Å². The van der Waals surface area contributed by atoms with Crippen LogP contribution in [0.25, 0.3) is 0 Å². The third-order valence-electron chi connectivity index (χ3n) is 3.00. The molecule has 2 aromatic rings. The molecule has 1 aromatic heterocycles. The number of benzene rings is 1. The maximum absolute atomic E-state index is 5.86. The fourth-order valence-electron chi connectivity index (χ4n) is 1.95. The predicted octanol–water partition coefficient (Wildman–Crippen LogP) is 2.03. The summed E-state index contributed by atoms with van der Waals surface area (Å²) in [7, 11) is 1.62. The number of aromatic nitrogens is 2. The van der Waals surface area contributed by atoms with Crippen LogP contribution in [-0.4, -0.2) is 23.7 Å². The van der Waals surface area contributed by atoms with Crippen LogP contribution in [0.3, 0.4) is 0 Å². The number of nitrogens with two attached hydrogens (primary N) is 2. The van der Waals surface area contributed by atoms with Crippen molar-refractivity contribution in [1.82, 2.24) is 9.97 Å². The molecule has 0 aliphatic carbocycles. The lowest BCUT2D eigenvalue weighted by molar-refractivity contribution is 0.294. The normalized spacial score (nSPS) is 10.4. The van der Waals surface area contributed by atoms with Crippen molar-refractivity contribution in [3.63, 3.8) is 0 Å². The van der Waals surface area contributed by atoms with Gasteiger partial charge in [-0.15, -0.1) is 0 Å². The minimum Gasteiger partial charge on any atom is -0.493 e. The maximum atomic E-state index is 5.86. The Hall–Kier alpha value is -2.50. The Kier molecular flexibility index (Phi) is 4.81. The first-order chi connectivity index (χ1) is 10.1. The van der Waals surface area contributed by atoms with Gasteiger partial charge in [-0.1, -0.05) is 13.0 Å². The second-order valence-electron chi connectivity index (χ2n) is 4.65. The van der Waals surface area contributed by atoms with Crippen LogP contribution in [0.2, 0.25) is 0 Å². The lowest BCUT2D eigenvalue weighted by Gasteiger charge is -2.12. The Morgan fingerprint density at radius 3 is 2.67 bits per heavy atom. The topological polar surface area (TPSA) is 96.3 Å². The molecule has 0 saturated heterocycles. The van der Waals surface area contributed by atoms with Gasteiger partial charge in [-0.05, 0) is 24.1 Å². The fraction of sp³-hybridized carbons (Fsp3) is 0.333. The summed E-state index contributed by atoms with van der Waals surface area (Å²) in [6.45, 7) is 2.70. The van der Waals surface area contributed by atoms with Crippen LogP contribution in [-0.2, 0) is 6.42 Å². The third kappa shape index (κ3) is 3.75. The van der Waals surface area contributed by atoms with Gasteiger partial charge in [0, 0.05) is 18.2 Å². The second kappa shape index (κ2) is 6.78. The van der Waals surface area contributed by atoms with E-state index in [9.17, 15) is 0 Å². The zero-order valence-electron chi connectivity index (χ0n) is 12.3. The van der Waals surface area contributed by atoms with Crippen LogP contribution >= 0.6 is 0 Å². The van der Waals surface area contributed by atoms with Gasteiger partial charge >= 0.3 is 0 Å². The second-order valence-corrected chi connectivity index (χ2v) is 4.65. The smallest absolute Gasteiger partial charge is 0.221 e. The summed E-state index contributed by atoms with van der Waals surface area (Å²) in [6.07, 6.45) is 3.19. The molecule has 1 aromatic carbocycles. The van der Waals surface area contributed by atoms with Crippen LogP contribution in [0, 0.1) is 0 Å². The molecule has 0 bridgehead atoms. The highest BCUT2D eigenvalue weighted by Crippen LogP contribution is 2.29. The molecule has 21 heavy (non-hydrogen) atoms. The Labute approximate surface area is 124 Å². The van der Waals surface area contributed by atoms with Gasteiger partial charge in [-0.25, -0.2) is 4.98 Å². The molecule has 1 heterocycles. The summed E-state index contributed by atoms with van der Waals surface area (Å²) < 4.78 is 11.0. The van der Waals surface area contributed by atoms with Crippen molar-refractivity contribution in [3.05, 3.63) is 35.5 Å². The van der Waals surface area contributed by atoms with E-state index < -0.39 is 0 Å². The zero-order valence-corrected chi connectivity index (χ0v) is 12.3. The number of ether oxygens (including phenoxy) is 2. The van der Waals surface area contributed by atoms with Gasteiger partial charge in [0.25, 0.3) is 0 Å². The van der Waals surface area contributed by atoms with E-state index >= 15 is 0 Å². The number of anilines is 2. The van der Waals surface area contributed by atoms with E-state index in [1.807, 2.05) is 18.2 Å². The van der Waals surface area contributed by atoms with Crippen molar-refractivity contribution < 1.29 is 9.47 Å². The minimum absolute atomic E-state index is 0.179. The van der Waals surface area contributed by atoms with E-state index in [4.69, 9.17) is 20.9 Å². The highest BCUT2D eigenvalue weighted by Gasteiger charge is 2.09. The number of rotatable bonds is 6. The predicted molar refractivity (Wildman–Crippen MR) is 82.4 cm³/mol. The van der Waals surface area contributed by atoms with Crippen molar-refractivity contribution in [3.8, 4) is 11.5 Å². The number of hydrogen-bond acceptors (Lipinski definition) is 6. The van der Waals surface area contributed by atoms with Crippen molar-refractivity contribution in [2.75, 3.05) is 25.2 Å². The first-order valence-electron chi connectivity index (χ1n) is 6.80. The number of methoxy groups -OCH3 is 1. The summed E-state index contributed by atoms with van der Waals surface area (Å²) >= 11 is 0. The van der Waals surface area contributed by atoms with Gasteiger partial charge in [0.1, 0.15) is 5.82 Å². The van der Waals surface area contributed by atoms with Gasteiger partial charge < -0.3 is 20.9 Å². The Morgan fingerprint density at radius 1 is 1.19 bits per heavy atom. The SMILES string of the molecule is CCCOc1cc(Cc2cnc(N)nc2N)ccc1OC. The van der Waals surface area contributed by atoms with Gasteiger partial charge in [-0.3, -0.25) is 0 Å². The first-order valence-corrected chi connectivity index (χ1v) is 6.80. The average Bonchev–Trinajstić information content (AvgIpc) is 2.48. The zero-order chi connectivity index (χ0) is 15.2. The molecule has 0 saturated carbocycles. The standard InChI is InChI=1S/C15H20N4O2/c1-3-6-21-13-8-10(4-5-12(13)20-2)7-11-9-18-15(17)19-14(11)16/h4-5,8-9H,3,6-7H2,1-2H3,(H4,16,17,18,19). The molecule has 0 aliphatic heterocycles. The summed E-state index contributed by atoms with van der Waals surface area (Å²) in [5.74, 6) is 2.02. The van der Waals surface area contributed by atoms with Crippen LogP contribution in [0.4, 0.5) is 11.8 Å².